The molecule has 120 valence electrons. The summed E-state index contributed by atoms with van der Waals surface area (Å²) in [6.07, 6.45) is -10.2. The molecule has 0 saturated heterocycles. The van der Waals surface area contributed by atoms with Gasteiger partial charge in [0.05, 0.1) is 13.3 Å². The van der Waals surface area contributed by atoms with Crippen LogP contribution in [0.3, 0.4) is 0 Å². The Morgan fingerprint density at radius 1 is 1.29 bits per heavy atom. The second-order valence-corrected chi connectivity index (χ2v) is 4.17. The molecule has 1 heterocycles. The molecule has 10 heteroatoms. The van der Waals surface area contributed by atoms with Crippen LogP contribution < -0.4 is 4.74 Å². The number of carbonyl (C=O) groups excluding carboxylic acids is 1. The van der Waals surface area contributed by atoms with Crippen LogP contribution in [0.4, 0.5) is 26.3 Å². The fourth-order valence-corrected chi connectivity index (χ4v) is 1.77. The van der Waals surface area contributed by atoms with E-state index in [-0.39, 0.29) is 6.54 Å². The van der Waals surface area contributed by atoms with Gasteiger partial charge in [-0.2, -0.15) is 31.4 Å². The van der Waals surface area contributed by atoms with Gasteiger partial charge in [0.15, 0.2) is 5.75 Å². The second-order valence-electron chi connectivity index (χ2n) is 4.17. The molecule has 0 fully saturated rings. The maximum absolute atomic E-state index is 12.6. The molecule has 0 amide bonds. The van der Waals surface area contributed by atoms with E-state index >= 15 is 0 Å². The van der Waals surface area contributed by atoms with Gasteiger partial charge in [-0.05, 0) is 6.42 Å². The van der Waals surface area contributed by atoms with Crippen molar-refractivity contribution in [2.45, 2.75) is 32.2 Å². The molecule has 21 heavy (non-hydrogen) atoms. The number of aromatic nitrogens is 2. The van der Waals surface area contributed by atoms with Crippen molar-refractivity contribution in [3.63, 3.8) is 0 Å². The van der Waals surface area contributed by atoms with Gasteiger partial charge in [0, 0.05) is 6.54 Å². The molecular formula is C11H12F6N2O2. The quantitative estimate of drug-likeness (QED) is 0.618. The maximum atomic E-state index is 12.6. The Hall–Kier alpha value is -1.74. The zero-order valence-corrected chi connectivity index (χ0v) is 11.0. The maximum Gasteiger partial charge on any atom is 0.407 e. The second kappa shape index (κ2) is 5.94. The zero-order chi connectivity index (χ0) is 16.4. The summed E-state index contributed by atoms with van der Waals surface area (Å²) in [6, 6.07) is 0. The minimum absolute atomic E-state index is 0.00708. The van der Waals surface area contributed by atoms with Crippen molar-refractivity contribution in [3.05, 3.63) is 11.9 Å². The van der Waals surface area contributed by atoms with Gasteiger partial charge in [0.1, 0.15) is 5.69 Å². The Bertz CT molecular complexity index is 492. The van der Waals surface area contributed by atoms with Crippen molar-refractivity contribution in [2.75, 3.05) is 7.11 Å². The lowest BCUT2D eigenvalue weighted by atomic mass is 9.99. The molecule has 0 saturated carbocycles. The average Bonchev–Trinajstić information content (AvgIpc) is 2.68. The first-order valence-electron chi connectivity index (χ1n) is 5.81. The molecule has 0 aliphatic rings. The van der Waals surface area contributed by atoms with Crippen LogP contribution in [-0.4, -0.2) is 35.0 Å². The van der Waals surface area contributed by atoms with E-state index in [1.165, 1.54) is 0 Å². The van der Waals surface area contributed by atoms with Crippen LogP contribution in [0.2, 0.25) is 0 Å². The SMILES string of the molecule is CCCn1ncc(OC)c1C(=O)C(C(F)(F)F)C(F)(F)F. The molecule has 0 bridgehead atoms. The zero-order valence-electron chi connectivity index (χ0n) is 11.0. The Balaban J connectivity index is 3.36. The van der Waals surface area contributed by atoms with E-state index in [0.717, 1.165) is 18.0 Å². The highest BCUT2D eigenvalue weighted by Crippen LogP contribution is 2.42. The lowest BCUT2D eigenvalue weighted by molar-refractivity contribution is -0.265. The van der Waals surface area contributed by atoms with E-state index < -0.39 is 35.5 Å². The molecule has 1 rings (SSSR count). The number of hydrogen-bond donors (Lipinski definition) is 0. The molecular weight excluding hydrogens is 306 g/mol. The van der Waals surface area contributed by atoms with Gasteiger partial charge >= 0.3 is 12.4 Å². The Kier molecular flexibility index (Phi) is 4.90. The summed E-state index contributed by atoms with van der Waals surface area (Å²) in [6.45, 7) is 1.63. The van der Waals surface area contributed by atoms with Gasteiger partial charge < -0.3 is 4.74 Å². The normalized spacial score (nSPS) is 12.8. The topological polar surface area (TPSA) is 44.1 Å². The average molecular weight is 318 g/mol. The van der Waals surface area contributed by atoms with Gasteiger partial charge in [-0.3, -0.25) is 9.48 Å². The molecule has 0 aromatic carbocycles. The number of ketones is 1. The summed E-state index contributed by atoms with van der Waals surface area (Å²) in [5.74, 6) is -6.66. The fourth-order valence-electron chi connectivity index (χ4n) is 1.77. The van der Waals surface area contributed by atoms with Crippen LogP contribution in [0.25, 0.3) is 0 Å². The van der Waals surface area contributed by atoms with Crippen molar-refractivity contribution >= 4 is 5.78 Å². The Morgan fingerprint density at radius 3 is 2.19 bits per heavy atom. The highest BCUT2D eigenvalue weighted by atomic mass is 19.4. The molecule has 0 aliphatic heterocycles. The van der Waals surface area contributed by atoms with Crippen molar-refractivity contribution in [3.8, 4) is 5.75 Å². The van der Waals surface area contributed by atoms with Crippen LogP contribution in [0.15, 0.2) is 6.20 Å². The van der Waals surface area contributed by atoms with E-state index in [1.54, 1.807) is 6.92 Å². The highest BCUT2D eigenvalue weighted by molar-refractivity contribution is 5.99. The largest absolute Gasteiger partial charge is 0.493 e. The molecule has 4 nitrogen and oxygen atoms in total. The molecule has 0 N–H and O–H groups in total. The molecule has 1 aromatic heterocycles. The first kappa shape index (κ1) is 17.3. The van der Waals surface area contributed by atoms with E-state index in [4.69, 9.17) is 0 Å². The third kappa shape index (κ3) is 3.67. The predicted molar refractivity (Wildman–Crippen MR) is 59.0 cm³/mol. The highest BCUT2D eigenvalue weighted by Gasteiger charge is 2.61. The first-order valence-corrected chi connectivity index (χ1v) is 5.81. The first-order chi connectivity index (χ1) is 9.54. The van der Waals surface area contributed by atoms with Crippen LogP contribution in [0.1, 0.15) is 23.8 Å². The lowest BCUT2D eigenvalue weighted by Gasteiger charge is -2.22. The van der Waals surface area contributed by atoms with E-state index in [0.29, 0.717) is 6.42 Å². The monoisotopic (exact) mass is 318 g/mol. The third-order valence-electron chi connectivity index (χ3n) is 2.61. The standard InChI is InChI=1S/C11H12F6N2O2/c1-3-4-19-7(6(21-2)5-18-19)8(20)9(10(12,13)14)11(15,16)17/h5,9H,3-4H2,1-2H3. The number of alkyl halides is 6. The fraction of sp³-hybridized carbons (Fsp3) is 0.636. The summed E-state index contributed by atoms with van der Waals surface area (Å²) in [4.78, 5) is 11.8. The Morgan fingerprint density at radius 2 is 1.81 bits per heavy atom. The molecule has 0 spiro atoms. The van der Waals surface area contributed by atoms with Crippen LogP contribution >= 0.6 is 0 Å². The van der Waals surface area contributed by atoms with Crippen molar-refractivity contribution in [2.24, 2.45) is 5.92 Å². The van der Waals surface area contributed by atoms with Gasteiger partial charge in [0.2, 0.25) is 11.7 Å². The lowest BCUT2D eigenvalue weighted by Crippen LogP contribution is -2.43. The van der Waals surface area contributed by atoms with Crippen molar-refractivity contribution in [1.82, 2.24) is 9.78 Å². The number of aryl methyl sites for hydroxylation is 1. The van der Waals surface area contributed by atoms with Crippen LogP contribution in [0, 0.1) is 5.92 Å². The van der Waals surface area contributed by atoms with Crippen LogP contribution in [0.5, 0.6) is 5.75 Å². The number of nitrogens with zero attached hydrogens (tertiary/aromatic N) is 2. The summed E-state index contributed by atoms with van der Waals surface area (Å²) in [5.41, 5.74) is -0.834. The van der Waals surface area contributed by atoms with Crippen molar-refractivity contribution < 1.29 is 35.9 Å². The number of carbonyl (C=O) groups is 1. The van der Waals surface area contributed by atoms with E-state index in [1.807, 2.05) is 0 Å². The van der Waals surface area contributed by atoms with Gasteiger partial charge in [-0.1, -0.05) is 6.92 Å². The van der Waals surface area contributed by atoms with Crippen molar-refractivity contribution in [1.29, 1.82) is 0 Å². The summed E-state index contributed by atoms with van der Waals surface area (Å²) in [7, 11) is 1.03. The number of hydrogen-bond acceptors (Lipinski definition) is 3. The minimum Gasteiger partial charge on any atom is -0.493 e. The van der Waals surface area contributed by atoms with E-state index in [9.17, 15) is 31.1 Å². The van der Waals surface area contributed by atoms with Gasteiger partial charge in [-0.25, -0.2) is 0 Å². The minimum atomic E-state index is -5.75. The summed E-state index contributed by atoms with van der Waals surface area (Å²) >= 11 is 0. The number of methoxy groups -OCH3 is 1. The summed E-state index contributed by atoms with van der Waals surface area (Å²) < 4.78 is 81.0. The number of rotatable bonds is 5. The predicted octanol–water partition coefficient (Wildman–Crippen LogP) is 3.23. The molecule has 0 radical (unpaired) electrons. The van der Waals surface area contributed by atoms with Gasteiger partial charge in [-0.15, -0.1) is 0 Å². The smallest absolute Gasteiger partial charge is 0.407 e. The number of ether oxygens (including phenoxy) is 1. The molecule has 0 atom stereocenters. The number of halogens is 6. The summed E-state index contributed by atoms with van der Waals surface area (Å²) in [5, 5.41) is 3.58. The molecule has 0 unspecified atom stereocenters. The number of Topliss-reactive ketones (excluding diaryl/α,β-unsaturated/α-hetero) is 1. The van der Waals surface area contributed by atoms with Gasteiger partial charge in [0.25, 0.3) is 0 Å². The molecule has 0 aliphatic carbocycles. The third-order valence-corrected chi connectivity index (χ3v) is 2.61. The molecule has 1 aromatic rings. The Labute approximate surface area is 115 Å². The van der Waals surface area contributed by atoms with E-state index in [2.05, 4.69) is 9.84 Å². The van der Waals surface area contributed by atoms with Crippen LogP contribution in [-0.2, 0) is 6.54 Å².